The Bertz CT molecular complexity index is 1240. The highest BCUT2D eigenvalue weighted by Gasteiger charge is 2.66. The van der Waals surface area contributed by atoms with Gasteiger partial charge in [-0.3, -0.25) is 4.79 Å². The number of hydrogen-bond donors (Lipinski definition) is 0. The monoisotopic (exact) mass is 404 g/mol. The first-order valence-corrected chi connectivity index (χ1v) is 11.3. The van der Waals surface area contributed by atoms with E-state index in [0.29, 0.717) is 11.8 Å². The van der Waals surface area contributed by atoms with Gasteiger partial charge in [0.05, 0.1) is 0 Å². The normalized spacial score (nSPS) is 33.0. The second-order valence-corrected chi connectivity index (χ2v) is 9.64. The van der Waals surface area contributed by atoms with Crippen LogP contribution >= 0.6 is 0 Å². The summed E-state index contributed by atoms with van der Waals surface area (Å²) in [4.78, 5) is 12.0. The van der Waals surface area contributed by atoms with E-state index in [2.05, 4.69) is 84.9 Å². The molecule has 3 aromatic carbocycles. The molecule has 0 N–H and O–H groups in total. The average Bonchev–Trinajstić information content (AvgIpc) is 3.06. The fourth-order valence-corrected chi connectivity index (χ4v) is 7.66. The van der Waals surface area contributed by atoms with Crippen molar-refractivity contribution in [3.63, 3.8) is 0 Å². The Morgan fingerprint density at radius 1 is 0.806 bits per heavy atom. The highest BCUT2D eigenvalue weighted by Crippen LogP contribution is 2.70. The molecule has 0 aromatic heterocycles. The van der Waals surface area contributed by atoms with Crippen LogP contribution in [-0.2, 0) is 20.4 Å². The quantitative estimate of drug-likeness (QED) is 0.381. The minimum atomic E-state index is -0.241. The average molecular weight is 405 g/mol. The zero-order valence-corrected chi connectivity index (χ0v) is 17.5. The van der Waals surface area contributed by atoms with Crippen molar-refractivity contribution in [1.29, 1.82) is 0 Å². The fourth-order valence-electron chi connectivity index (χ4n) is 7.66. The van der Waals surface area contributed by atoms with E-state index in [1.165, 1.54) is 40.3 Å². The van der Waals surface area contributed by atoms with Gasteiger partial charge in [-0.05, 0) is 46.2 Å². The fraction of sp³-hybridized carbons (Fsp3) is 0.276. The van der Waals surface area contributed by atoms with E-state index in [1.54, 1.807) is 0 Å². The first-order valence-electron chi connectivity index (χ1n) is 11.3. The number of ether oxygens (including phenoxy) is 1. The third kappa shape index (κ3) is 1.93. The van der Waals surface area contributed by atoms with E-state index in [1.807, 2.05) is 0 Å². The predicted molar refractivity (Wildman–Crippen MR) is 120 cm³/mol. The van der Waals surface area contributed by atoms with Gasteiger partial charge in [-0.2, -0.15) is 0 Å². The summed E-state index contributed by atoms with van der Waals surface area (Å²) in [6, 6.07) is 27.1. The molecule has 2 nitrogen and oxygen atoms in total. The molecular formula is C29H24O2. The summed E-state index contributed by atoms with van der Waals surface area (Å²) >= 11 is 0. The van der Waals surface area contributed by atoms with E-state index in [0.717, 1.165) is 12.8 Å². The number of carbonyl (C=O) groups excluding carboxylic acids is 1. The van der Waals surface area contributed by atoms with Crippen LogP contribution in [-0.4, -0.2) is 12.1 Å². The zero-order chi connectivity index (χ0) is 20.8. The molecule has 5 aliphatic carbocycles. The summed E-state index contributed by atoms with van der Waals surface area (Å²) < 4.78 is 5.95. The molecule has 1 saturated carbocycles. The molecule has 1 unspecified atom stereocenters. The van der Waals surface area contributed by atoms with Crippen LogP contribution in [0.3, 0.4) is 0 Å². The van der Waals surface area contributed by atoms with Gasteiger partial charge in [-0.15, -0.1) is 0 Å². The molecule has 3 aromatic rings. The smallest absolute Gasteiger partial charge is 0.302 e. The van der Waals surface area contributed by atoms with Crippen LogP contribution in [0.15, 0.2) is 84.9 Å². The Labute approximate surface area is 182 Å². The SMILES string of the molecule is CC(=O)OC1CC23c4ccccc4C(c4ccccc42)[C@@H]2C=C[C@@]3(C1)c1ccccc12. The summed E-state index contributed by atoms with van der Waals surface area (Å²) in [5.41, 5.74) is 8.13. The highest BCUT2D eigenvalue weighted by molar-refractivity contribution is 5.71. The Hall–Kier alpha value is -3.13. The third-order valence-electron chi connectivity index (χ3n) is 8.44. The van der Waals surface area contributed by atoms with Gasteiger partial charge in [0, 0.05) is 29.6 Å². The highest BCUT2D eigenvalue weighted by atomic mass is 16.5. The number of hydrogen-bond acceptors (Lipinski definition) is 2. The summed E-state index contributed by atoms with van der Waals surface area (Å²) in [7, 11) is 0. The Morgan fingerprint density at radius 2 is 1.39 bits per heavy atom. The molecule has 0 radical (unpaired) electrons. The predicted octanol–water partition coefficient (Wildman–Crippen LogP) is 5.75. The maximum absolute atomic E-state index is 12.0. The Morgan fingerprint density at radius 3 is 2.03 bits per heavy atom. The maximum Gasteiger partial charge on any atom is 0.302 e. The van der Waals surface area contributed by atoms with Crippen LogP contribution in [0.5, 0.6) is 0 Å². The lowest BCUT2D eigenvalue weighted by molar-refractivity contribution is -0.146. The topological polar surface area (TPSA) is 26.3 Å². The molecule has 2 spiro atoms. The molecule has 5 aliphatic rings. The van der Waals surface area contributed by atoms with Gasteiger partial charge < -0.3 is 4.74 Å². The molecule has 4 bridgehead atoms. The number of rotatable bonds is 1. The van der Waals surface area contributed by atoms with Crippen LogP contribution in [0.1, 0.15) is 65.0 Å². The Balaban J connectivity index is 1.66. The van der Waals surface area contributed by atoms with Crippen molar-refractivity contribution in [2.45, 2.75) is 48.5 Å². The molecule has 0 aliphatic heterocycles. The number of allylic oxidation sites excluding steroid dienone is 2. The van der Waals surface area contributed by atoms with Crippen molar-refractivity contribution in [3.8, 4) is 0 Å². The molecule has 2 heteroatoms. The van der Waals surface area contributed by atoms with Crippen molar-refractivity contribution < 1.29 is 9.53 Å². The van der Waals surface area contributed by atoms with Crippen molar-refractivity contribution >= 4 is 5.97 Å². The van der Waals surface area contributed by atoms with Gasteiger partial charge in [0.2, 0.25) is 0 Å². The van der Waals surface area contributed by atoms with Crippen LogP contribution < -0.4 is 0 Å². The minimum absolute atomic E-state index is 0.109. The molecule has 31 heavy (non-hydrogen) atoms. The Kier molecular flexibility index (Phi) is 3.26. The van der Waals surface area contributed by atoms with Gasteiger partial charge >= 0.3 is 5.97 Å². The molecule has 0 saturated heterocycles. The molecule has 0 heterocycles. The molecule has 3 atom stereocenters. The zero-order valence-electron chi connectivity index (χ0n) is 17.5. The van der Waals surface area contributed by atoms with E-state index < -0.39 is 0 Å². The van der Waals surface area contributed by atoms with Gasteiger partial charge in [0.15, 0.2) is 0 Å². The van der Waals surface area contributed by atoms with Gasteiger partial charge in [0.25, 0.3) is 0 Å². The van der Waals surface area contributed by atoms with E-state index >= 15 is 0 Å². The van der Waals surface area contributed by atoms with Crippen molar-refractivity contribution in [1.82, 2.24) is 0 Å². The number of carbonyl (C=O) groups is 1. The van der Waals surface area contributed by atoms with Crippen LogP contribution in [0.4, 0.5) is 0 Å². The first kappa shape index (κ1) is 17.5. The van der Waals surface area contributed by atoms with E-state index in [4.69, 9.17) is 4.74 Å². The molecule has 152 valence electrons. The van der Waals surface area contributed by atoms with Gasteiger partial charge in [-0.25, -0.2) is 0 Å². The lowest BCUT2D eigenvalue weighted by Crippen LogP contribution is -2.52. The van der Waals surface area contributed by atoms with Gasteiger partial charge in [-0.1, -0.05) is 84.9 Å². The van der Waals surface area contributed by atoms with Gasteiger partial charge in [0.1, 0.15) is 6.10 Å². The van der Waals surface area contributed by atoms with E-state index in [-0.39, 0.29) is 22.9 Å². The standard InChI is InChI=1S/C29H24O2/c1-18(30)31-19-16-28-15-14-21(20-8-2-5-11-24(20)28)27-22-9-3-6-12-25(22)29(28,17-19)26-13-7-4-10-23(26)27/h2-15,19,21,27H,16-17H2,1H3/t19?,21-,27?,28-,29?/m1/s1. The largest absolute Gasteiger partial charge is 0.462 e. The lowest BCUT2D eigenvalue weighted by atomic mass is 9.45. The minimum Gasteiger partial charge on any atom is -0.462 e. The number of benzene rings is 3. The number of esters is 1. The maximum atomic E-state index is 12.0. The molecular weight excluding hydrogens is 380 g/mol. The van der Waals surface area contributed by atoms with Crippen molar-refractivity contribution in [3.05, 3.63) is 118 Å². The summed E-state index contributed by atoms with van der Waals surface area (Å²) in [5.74, 6) is 0.435. The summed E-state index contributed by atoms with van der Waals surface area (Å²) in [6.45, 7) is 1.54. The summed E-state index contributed by atoms with van der Waals surface area (Å²) in [6.07, 6.45) is 6.48. The van der Waals surface area contributed by atoms with E-state index in [9.17, 15) is 4.79 Å². The first-order chi connectivity index (χ1) is 15.2. The second-order valence-electron chi connectivity index (χ2n) is 9.64. The van der Waals surface area contributed by atoms with Crippen molar-refractivity contribution in [2.75, 3.05) is 0 Å². The lowest BCUT2D eigenvalue weighted by Gasteiger charge is -2.57. The molecule has 0 amide bonds. The van der Waals surface area contributed by atoms with Crippen LogP contribution in [0, 0.1) is 0 Å². The second kappa shape index (κ2) is 5.76. The van der Waals surface area contributed by atoms with Crippen LogP contribution in [0.25, 0.3) is 0 Å². The van der Waals surface area contributed by atoms with Crippen molar-refractivity contribution in [2.24, 2.45) is 0 Å². The molecule has 1 fully saturated rings. The molecule has 8 rings (SSSR count). The third-order valence-corrected chi connectivity index (χ3v) is 8.44. The van der Waals surface area contributed by atoms with Crippen LogP contribution in [0.2, 0.25) is 0 Å². The summed E-state index contributed by atoms with van der Waals surface area (Å²) in [5, 5.41) is 0.